The van der Waals surface area contributed by atoms with E-state index in [1.54, 1.807) is 30.3 Å². The summed E-state index contributed by atoms with van der Waals surface area (Å²) in [5.74, 6) is -0.329. The molecule has 0 aliphatic carbocycles. The Morgan fingerprint density at radius 1 is 1.04 bits per heavy atom. The third kappa shape index (κ3) is 5.17. The van der Waals surface area contributed by atoms with Crippen molar-refractivity contribution in [2.45, 2.75) is 30.6 Å². The lowest BCUT2D eigenvalue weighted by atomic mass is 9.99. The van der Waals surface area contributed by atoms with Gasteiger partial charge in [-0.2, -0.15) is 4.31 Å². The van der Waals surface area contributed by atoms with Gasteiger partial charge in [0.1, 0.15) is 0 Å². The van der Waals surface area contributed by atoms with Crippen LogP contribution >= 0.6 is 0 Å². The van der Waals surface area contributed by atoms with Crippen molar-refractivity contribution in [3.8, 4) is 0 Å². The number of nitrogens with zero attached hydrogens (tertiary/aromatic N) is 1. The molecule has 1 atom stereocenters. The fourth-order valence-corrected chi connectivity index (χ4v) is 4.95. The highest BCUT2D eigenvalue weighted by atomic mass is 32.2. The summed E-state index contributed by atoms with van der Waals surface area (Å²) in [4.78, 5) is 12.8. The number of rotatable bonds is 7. The standard InChI is InChI=1S/C21H26N2O3S/c24-21(22-15-7-11-18-9-3-1-4-10-18)19-12-8-16-23(17-19)27(25,26)20-13-5-2-6-14-20/h1-6,9-10,13-14,19H,7-8,11-12,15-17H2,(H,22,24). The van der Waals surface area contributed by atoms with Crippen LogP contribution in [0.1, 0.15) is 24.8 Å². The molecule has 0 radical (unpaired) electrons. The quantitative estimate of drug-likeness (QED) is 0.744. The largest absolute Gasteiger partial charge is 0.356 e. The minimum atomic E-state index is -3.54. The Hall–Kier alpha value is -2.18. The van der Waals surface area contributed by atoms with E-state index in [1.807, 2.05) is 18.2 Å². The zero-order chi connectivity index (χ0) is 19.1. The van der Waals surface area contributed by atoms with Crippen molar-refractivity contribution >= 4 is 15.9 Å². The van der Waals surface area contributed by atoms with Gasteiger partial charge < -0.3 is 5.32 Å². The van der Waals surface area contributed by atoms with Gasteiger partial charge in [0.15, 0.2) is 0 Å². The van der Waals surface area contributed by atoms with Gasteiger partial charge in [-0.15, -0.1) is 0 Å². The second kappa shape index (κ2) is 9.15. The van der Waals surface area contributed by atoms with Crippen LogP contribution in [0.5, 0.6) is 0 Å². The first-order chi connectivity index (χ1) is 13.1. The van der Waals surface area contributed by atoms with Gasteiger partial charge in [0, 0.05) is 19.6 Å². The molecule has 0 saturated carbocycles. The average molecular weight is 387 g/mol. The molecular formula is C21H26N2O3S. The molecule has 2 aromatic rings. The lowest BCUT2D eigenvalue weighted by Gasteiger charge is -2.31. The molecule has 1 saturated heterocycles. The first-order valence-electron chi connectivity index (χ1n) is 9.44. The first kappa shape index (κ1) is 19.6. The van der Waals surface area contributed by atoms with Crippen molar-refractivity contribution < 1.29 is 13.2 Å². The second-order valence-electron chi connectivity index (χ2n) is 6.90. The zero-order valence-electron chi connectivity index (χ0n) is 15.4. The van der Waals surface area contributed by atoms with Gasteiger partial charge in [-0.05, 0) is 43.4 Å². The molecule has 0 aromatic heterocycles. The molecule has 1 heterocycles. The fourth-order valence-electron chi connectivity index (χ4n) is 3.41. The molecule has 3 rings (SSSR count). The number of amides is 1. The van der Waals surface area contributed by atoms with Crippen LogP contribution in [-0.2, 0) is 21.2 Å². The minimum absolute atomic E-state index is 0.0453. The van der Waals surface area contributed by atoms with Gasteiger partial charge in [-0.25, -0.2) is 8.42 Å². The highest BCUT2D eigenvalue weighted by molar-refractivity contribution is 7.89. The molecule has 1 aliphatic rings. The van der Waals surface area contributed by atoms with Gasteiger partial charge in [-0.1, -0.05) is 48.5 Å². The molecule has 1 fully saturated rings. The average Bonchev–Trinajstić information content (AvgIpc) is 2.72. The summed E-state index contributed by atoms with van der Waals surface area (Å²) in [5, 5.41) is 2.97. The Balaban J connectivity index is 1.51. The Kier molecular flexibility index (Phi) is 6.63. The van der Waals surface area contributed by atoms with Crippen LogP contribution in [0.2, 0.25) is 0 Å². The van der Waals surface area contributed by atoms with Crippen LogP contribution < -0.4 is 5.32 Å². The van der Waals surface area contributed by atoms with Gasteiger partial charge in [0.05, 0.1) is 10.8 Å². The van der Waals surface area contributed by atoms with Crippen LogP contribution in [0, 0.1) is 5.92 Å². The normalized spacial score (nSPS) is 18.1. The van der Waals surface area contributed by atoms with Crippen LogP contribution in [-0.4, -0.2) is 38.3 Å². The minimum Gasteiger partial charge on any atom is -0.356 e. The maximum Gasteiger partial charge on any atom is 0.243 e. The smallest absolute Gasteiger partial charge is 0.243 e. The molecule has 0 bridgehead atoms. The number of hydrogen-bond donors (Lipinski definition) is 1. The van der Waals surface area contributed by atoms with E-state index in [2.05, 4.69) is 17.4 Å². The molecule has 0 spiro atoms. The Morgan fingerprint density at radius 3 is 2.41 bits per heavy atom. The van der Waals surface area contributed by atoms with Gasteiger partial charge in [0.2, 0.25) is 15.9 Å². The van der Waals surface area contributed by atoms with E-state index in [-0.39, 0.29) is 23.3 Å². The molecule has 27 heavy (non-hydrogen) atoms. The van der Waals surface area contributed by atoms with Crippen LogP contribution in [0.3, 0.4) is 0 Å². The molecule has 144 valence electrons. The number of carbonyl (C=O) groups excluding carboxylic acids is 1. The monoisotopic (exact) mass is 386 g/mol. The van der Waals surface area contributed by atoms with Crippen molar-refractivity contribution in [3.05, 3.63) is 66.2 Å². The number of sulfonamides is 1. The third-order valence-electron chi connectivity index (χ3n) is 4.92. The Labute approximate surface area is 161 Å². The van der Waals surface area contributed by atoms with Crippen molar-refractivity contribution in [2.24, 2.45) is 5.92 Å². The number of benzene rings is 2. The number of hydrogen-bond acceptors (Lipinski definition) is 3. The number of piperidine rings is 1. The van der Waals surface area contributed by atoms with E-state index in [0.717, 1.165) is 19.3 Å². The van der Waals surface area contributed by atoms with Crippen molar-refractivity contribution in [3.63, 3.8) is 0 Å². The van der Waals surface area contributed by atoms with Crippen molar-refractivity contribution in [1.29, 1.82) is 0 Å². The van der Waals surface area contributed by atoms with Crippen LogP contribution in [0.4, 0.5) is 0 Å². The predicted molar refractivity (Wildman–Crippen MR) is 106 cm³/mol. The van der Waals surface area contributed by atoms with Crippen molar-refractivity contribution in [1.82, 2.24) is 9.62 Å². The molecular weight excluding hydrogens is 360 g/mol. The Bertz CT molecular complexity index is 838. The molecule has 2 aromatic carbocycles. The van der Waals surface area contributed by atoms with Gasteiger partial charge >= 0.3 is 0 Å². The maximum absolute atomic E-state index is 12.8. The highest BCUT2D eigenvalue weighted by Crippen LogP contribution is 2.23. The fraction of sp³-hybridized carbons (Fsp3) is 0.381. The zero-order valence-corrected chi connectivity index (χ0v) is 16.2. The first-order valence-corrected chi connectivity index (χ1v) is 10.9. The lowest BCUT2D eigenvalue weighted by Crippen LogP contribution is -2.45. The summed E-state index contributed by atoms with van der Waals surface area (Å²) >= 11 is 0. The highest BCUT2D eigenvalue weighted by Gasteiger charge is 2.33. The van der Waals surface area contributed by atoms with E-state index >= 15 is 0 Å². The Morgan fingerprint density at radius 2 is 1.70 bits per heavy atom. The SMILES string of the molecule is O=C(NCCCc1ccccc1)C1CCCN(S(=O)(=O)c2ccccc2)C1. The molecule has 1 aliphatic heterocycles. The van der Waals surface area contributed by atoms with Crippen molar-refractivity contribution in [2.75, 3.05) is 19.6 Å². The summed E-state index contributed by atoms with van der Waals surface area (Å²) in [6.07, 6.45) is 3.22. The van der Waals surface area contributed by atoms with E-state index in [1.165, 1.54) is 9.87 Å². The van der Waals surface area contributed by atoms with E-state index in [4.69, 9.17) is 0 Å². The summed E-state index contributed by atoms with van der Waals surface area (Å²) in [7, 11) is -3.54. The second-order valence-corrected chi connectivity index (χ2v) is 8.83. The summed E-state index contributed by atoms with van der Waals surface area (Å²) in [6.45, 7) is 1.33. The summed E-state index contributed by atoms with van der Waals surface area (Å²) < 4.78 is 27.0. The third-order valence-corrected chi connectivity index (χ3v) is 6.80. The van der Waals surface area contributed by atoms with Crippen LogP contribution in [0.25, 0.3) is 0 Å². The molecule has 6 heteroatoms. The lowest BCUT2D eigenvalue weighted by molar-refractivity contribution is -0.126. The summed E-state index contributed by atoms with van der Waals surface area (Å²) in [6, 6.07) is 18.6. The number of aryl methyl sites for hydroxylation is 1. The van der Waals surface area contributed by atoms with Gasteiger partial charge in [-0.3, -0.25) is 4.79 Å². The summed E-state index contributed by atoms with van der Waals surface area (Å²) in [5.41, 5.74) is 1.25. The van der Waals surface area contributed by atoms with Gasteiger partial charge in [0.25, 0.3) is 0 Å². The molecule has 5 nitrogen and oxygen atoms in total. The molecule has 1 unspecified atom stereocenters. The van der Waals surface area contributed by atoms with Crippen LogP contribution in [0.15, 0.2) is 65.6 Å². The maximum atomic E-state index is 12.8. The molecule has 1 amide bonds. The van der Waals surface area contributed by atoms with E-state index < -0.39 is 10.0 Å². The topological polar surface area (TPSA) is 66.5 Å². The van der Waals surface area contributed by atoms with E-state index in [0.29, 0.717) is 19.5 Å². The molecule has 1 N–H and O–H groups in total. The number of carbonyl (C=O) groups is 1. The number of nitrogens with one attached hydrogen (secondary N) is 1. The predicted octanol–water partition coefficient (Wildman–Crippen LogP) is 2.84. The van der Waals surface area contributed by atoms with E-state index in [9.17, 15) is 13.2 Å².